The van der Waals surface area contributed by atoms with Crippen LogP contribution in [-0.4, -0.2) is 17.7 Å². The number of halogens is 2. The van der Waals surface area contributed by atoms with Crippen LogP contribution in [0.15, 0.2) is 46.9 Å². The smallest absolute Gasteiger partial charge is 0.341 e. The normalized spacial score (nSPS) is 10.9. The number of hydrogen-bond donors (Lipinski definition) is 1. The van der Waals surface area contributed by atoms with Crippen molar-refractivity contribution in [1.82, 2.24) is 0 Å². The Kier molecular flexibility index (Phi) is 5.50. The maximum absolute atomic E-state index is 13.3. The van der Waals surface area contributed by atoms with Crippen LogP contribution in [0.2, 0.25) is 0 Å². The van der Waals surface area contributed by atoms with Gasteiger partial charge in [-0.1, -0.05) is 28.1 Å². The highest BCUT2D eigenvalue weighted by atomic mass is 79.9. The first-order valence-electron chi connectivity index (χ1n) is 6.51. The minimum atomic E-state index is -1.10. The Morgan fingerprint density at radius 3 is 2.78 bits per heavy atom. The molecule has 116 valence electrons. The number of nitriles is 1. The maximum atomic E-state index is 13.3. The molecule has 0 spiro atoms. The molecular weight excluding hydrogens is 365 g/mol. The molecule has 2 aromatic carbocycles. The zero-order valence-corrected chi connectivity index (χ0v) is 13.4. The van der Waals surface area contributed by atoms with Gasteiger partial charge in [0.05, 0.1) is 11.6 Å². The summed E-state index contributed by atoms with van der Waals surface area (Å²) < 4.78 is 19.3. The Morgan fingerprint density at radius 1 is 1.35 bits per heavy atom. The number of aliphatic carboxylic acids is 1. The molecule has 0 saturated heterocycles. The lowest BCUT2D eigenvalue weighted by molar-refractivity contribution is -0.139. The molecule has 2 aromatic rings. The lowest BCUT2D eigenvalue weighted by Crippen LogP contribution is -2.10. The minimum Gasteiger partial charge on any atom is -0.481 e. The van der Waals surface area contributed by atoms with Gasteiger partial charge in [-0.15, -0.1) is 0 Å². The van der Waals surface area contributed by atoms with E-state index >= 15 is 0 Å². The van der Waals surface area contributed by atoms with E-state index in [2.05, 4.69) is 15.9 Å². The number of benzene rings is 2. The standard InChI is InChI=1S/C17H11BrFNO3/c18-14-4-5-16(23-10-17(21)22)12(7-14)6-13(9-20)11-2-1-3-15(19)8-11/h1-8H,10H2,(H,21,22). The van der Waals surface area contributed by atoms with Gasteiger partial charge in [-0.2, -0.15) is 5.26 Å². The zero-order chi connectivity index (χ0) is 16.8. The molecule has 0 radical (unpaired) electrons. The van der Waals surface area contributed by atoms with Gasteiger partial charge in [0.2, 0.25) is 0 Å². The third-order valence-electron chi connectivity index (χ3n) is 2.88. The number of hydrogen-bond acceptors (Lipinski definition) is 3. The molecule has 0 unspecified atom stereocenters. The van der Waals surface area contributed by atoms with Crippen LogP contribution in [0.1, 0.15) is 11.1 Å². The van der Waals surface area contributed by atoms with Gasteiger partial charge in [-0.25, -0.2) is 9.18 Å². The topological polar surface area (TPSA) is 70.3 Å². The highest BCUT2D eigenvalue weighted by molar-refractivity contribution is 9.10. The maximum Gasteiger partial charge on any atom is 0.341 e. The van der Waals surface area contributed by atoms with E-state index in [4.69, 9.17) is 9.84 Å². The van der Waals surface area contributed by atoms with Crippen molar-refractivity contribution >= 4 is 33.5 Å². The van der Waals surface area contributed by atoms with Gasteiger partial charge in [-0.3, -0.25) is 0 Å². The van der Waals surface area contributed by atoms with E-state index in [0.717, 1.165) is 4.47 Å². The molecule has 0 saturated carbocycles. The molecular formula is C17H11BrFNO3. The lowest BCUT2D eigenvalue weighted by atomic mass is 10.0. The fourth-order valence-electron chi connectivity index (χ4n) is 1.89. The van der Waals surface area contributed by atoms with E-state index in [1.807, 2.05) is 6.07 Å². The van der Waals surface area contributed by atoms with Gasteiger partial charge >= 0.3 is 5.97 Å². The molecule has 1 N–H and O–H groups in total. The summed E-state index contributed by atoms with van der Waals surface area (Å²) in [6, 6.07) is 12.7. The SMILES string of the molecule is N#CC(=Cc1cc(Br)ccc1OCC(=O)O)c1cccc(F)c1. The van der Waals surface area contributed by atoms with E-state index in [9.17, 15) is 14.4 Å². The van der Waals surface area contributed by atoms with Gasteiger partial charge in [0.1, 0.15) is 11.6 Å². The Balaban J connectivity index is 2.44. The summed E-state index contributed by atoms with van der Waals surface area (Å²) in [6.07, 6.45) is 1.52. The highest BCUT2D eigenvalue weighted by Crippen LogP contribution is 2.28. The number of ether oxygens (including phenoxy) is 1. The second-order valence-electron chi connectivity index (χ2n) is 4.54. The summed E-state index contributed by atoms with van der Waals surface area (Å²) in [5.41, 5.74) is 1.18. The summed E-state index contributed by atoms with van der Waals surface area (Å²) in [5.74, 6) is -1.23. The number of carboxylic acid groups (broad SMARTS) is 1. The van der Waals surface area contributed by atoms with Crippen molar-refractivity contribution in [3.63, 3.8) is 0 Å². The molecule has 0 heterocycles. The predicted octanol–water partition coefficient (Wildman–Crippen LogP) is 4.12. The van der Waals surface area contributed by atoms with Gasteiger partial charge in [-0.05, 0) is 42.0 Å². The van der Waals surface area contributed by atoms with Crippen molar-refractivity contribution in [2.24, 2.45) is 0 Å². The fourth-order valence-corrected chi connectivity index (χ4v) is 2.27. The molecule has 0 atom stereocenters. The number of allylic oxidation sites excluding steroid dienone is 1. The van der Waals surface area contributed by atoms with Gasteiger partial charge in [0, 0.05) is 10.0 Å². The van der Waals surface area contributed by atoms with Crippen molar-refractivity contribution in [1.29, 1.82) is 5.26 Å². The number of rotatable bonds is 5. The third kappa shape index (κ3) is 4.66. The molecule has 23 heavy (non-hydrogen) atoms. The second kappa shape index (κ2) is 7.56. The van der Waals surface area contributed by atoms with E-state index in [0.29, 0.717) is 16.9 Å². The molecule has 0 amide bonds. The molecule has 0 aliphatic carbocycles. The first kappa shape index (κ1) is 16.7. The Morgan fingerprint density at radius 2 is 2.13 bits per heavy atom. The van der Waals surface area contributed by atoms with Crippen LogP contribution in [-0.2, 0) is 4.79 Å². The zero-order valence-electron chi connectivity index (χ0n) is 11.8. The number of carbonyl (C=O) groups is 1. The van der Waals surface area contributed by atoms with Crippen LogP contribution in [0, 0.1) is 17.1 Å². The van der Waals surface area contributed by atoms with Crippen molar-refractivity contribution in [3.05, 3.63) is 63.9 Å². The van der Waals surface area contributed by atoms with E-state index in [-0.39, 0.29) is 5.57 Å². The molecule has 0 aromatic heterocycles. The molecule has 0 aliphatic heterocycles. The first-order chi connectivity index (χ1) is 11.0. The van der Waals surface area contributed by atoms with E-state index in [1.165, 1.54) is 24.3 Å². The molecule has 0 fully saturated rings. The van der Waals surface area contributed by atoms with Crippen molar-refractivity contribution in [3.8, 4) is 11.8 Å². The largest absolute Gasteiger partial charge is 0.481 e. The molecule has 4 nitrogen and oxygen atoms in total. The Hall–Kier alpha value is -2.65. The number of carboxylic acids is 1. The van der Waals surface area contributed by atoms with Crippen LogP contribution in [0.5, 0.6) is 5.75 Å². The van der Waals surface area contributed by atoms with Gasteiger partial charge < -0.3 is 9.84 Å². The van der Waals surface area contributed by atoms with Crippen LogP contribution in [0.4, 0.5) is 4.39 Å². The van der Waals surface area contributed by atoms with Crippen molar-refractivity contribution in [2.75, 3.05) is 6.61 Å². The average molecular weight is 376 g/mol. The van der Waals surface area contributed by atoms with Crippen molar-refractivity contribution < 1.29 is 19.0 Å². The Bertz CT molecular complexity index is 812. The minimum absolute atomic E-state index is 0.239. The summed E-state index contributed by atoms with van der Waals surface area (Å²) in [6.45, 7) is -0.496. The quantitative estimate of drug-likeness (QED) is 0.630. The predicted molar refractivity (Wildman–Crippen MR) is 87.2 cm³/mol. The molecule has 0 aliphatic rings. The van der Waals surface area contributed by atoms with Crippen LogP contribution in [0.3, 0.4) is 0 Å². The number of nitrogens with zero attached hydrogens (tertiary/aromatic N) is 1. The molecule has 6 heteroatoms. The molecule has 0 bridgehead atoms. The monoisotopic (exact) mass is 375 g/mol. The lowest BCUT2D eigenvalue weighted by Gasteiger charge is -2.08. The first-order valence-corrected chi connectivity index (χ1v) is 7.31. The average Bonchev–Trinajstić information content (AvgIpc) is 2.51. The second-order valence-corrected chi connectivity index (χ2v) is 5.46. The summed E-state index contributed by atoms with van der Waals surface area (Å²) in [4.78, 5) is 10.6. The highest BCUT2D eigenvalue weighted by Gasteiger charge is 2.08. The Labute approximate surface area is 140 Å². The summed E-state index contributed by atoms with van der Waals surface area (Å²) in [7, 11) is 0. The van der Waals surface area contributed by atoms with Gasteiger partial charge in [0.25, 0.3) is 0 Å². The van der Waals surface area contributed by atoms with Gasteiger partial charge in [0.15, 0.2) is 6.61 Å². The van der Waals surface area contributed by atoms with Crippen LogP contribution < -0.4 is 4.74 Å². The van der Waals surface area contributed by atoms with Crippen LogP contribution in [0.25, 0.3) is 11.6 Å². The summed E-state index contributed by atoms with van der Waals surface area (Å²) in [5, 5.41) is 18.0. The third-order valence-corrected chi connectivity index (χ3v) is 3.37. The van der Waals surface area contributed by atoms with Crippen molar-refractivity contribution in [2.45, 2.75) is 0 Å². The van der Waals surface area contributed by atoms with E-state index in [1.54, 1.807) is 24.3 Å². The molecule has 2 rings (SSSR count). The summed E-state index contributed by atoms with van der Waals surface area (Å²) >= 11 is 3.31. The van der Waals surface area contributed by atoms with E-state index < -0.39 is 18.4 Å². The van der Waals surface area contributed by atoms with Crippen LogP contribution >= 0.6 is 15.9 Å². The fraction of sp³-hybridized carbons (Fsp3) is 0.0588.